The summed E-state index contributed by atoms with van der Waals surface area (Å²) in [6.07, 6.45) is 4.36. The second-order valence-electron chi connectivity index (χ2n) is 9.02. The number of hydrogen-bond acceptors (Lipinski definition) is 7. The number of rotatable bonds is 9. The van der Waals surface area contributed by atoms with Crippen molar-refractivity contribution < 1.29 is 19.5 Å². The Bertz CT molecular complexity index is 1760. The Hall–Kier alpha value is -5.36. The van der Waals surface area contributed by atoms with Crippen LogP contribution in [0.5, 0.6) is 0 Å². The molecule has 13 heteroatoms. The largest absolute Gasteiger partial charge is 0.478 e. The average molecular weight is 571 g/mol. The van der Waals surface area contributed by atoms with Crippen LogP contribution in [0.4, 0.5) is 5.69 Å². The molecule has 2 amide bonds. The van der Waals surface area contributed by atoms with Gasteiger partial charge in [0.2, 0.25) is 11.8 Å². The number of halogens is 1. The van der Waals surface area contributed by atoms with Gasteiger partial charge in [0.05, 0.1) is 22.5 Å². The minimum atomic E-state index is -1.08. The number of anilines is 1. The van der Waals surface area contributed by atoms with Gasteiger partial charge in [0.25, 0.3) is 0 Å². The van der Waals surface area contributed by atoms with Gasteiger partial charge in [-0.2, -0.15) is 9.78 Å². The summed E-state index contributed by atoms with van der Waals surface area (Å²) in [4.78, 5) is 37.7. The number of carboxylic acid groups (broad SMARTS) is 1. The highest BCUT2D eigenvalue weighted by molar-refractivity contribution is 6.30. The van der Waals surface area contributed by atoms with Crippen molar-refractivity contribution in [1.29, 1.82) is 0 Å². The van der Waals surface area contributed by atoms with Gasteiger partial charge in [-0.15, -0.1) is 5.10 Å². The number of hydrogen-bond donors (Lipinski definition) is 3. The smallest absolute Gasteiger partial charge is 0.335 e. The van der Waals surface area contributed by atoms with Crippen LogP contribution in [0.2, 0.25) is 5.02 Å². The van der Waals surface area contributed by atoms with Gasteiger partial charge in [-0.25, -0.2) is 4.79 Å². The van der Waals surface area contributed by atoms with E-state index in [0.29, 0.717) is 27.7 Å². The lowest BCUT2D eigenvalue weighted by Crippen LogP contribution is -2.44. The molecule has 0 fully saturated rings. The van der Waals surface area contributed by atoms with Gasteiger partial charge >= 0.3 is 5.97 Å². The topological polar surface area (TPSA) is 157 Å². The predicted molar refractivity (Wildman–Crippen MR) is 152 cm³/mol. The summed E-state index contributed by atoms with van der Waals surface area (Å²) < 4.78 is 3.15. The highest BCUT2D eigenvalue weighted by atomic mass is 35.5. The number of fused-ring (bicyclic) bond motifs is 1. The minimum Gasteiger partial charge on any atom is -0.478 e. The average Bonchev–Trinajstić information content (AvgIpc) is 3.60. The number of amides is 2. The molecule has 0 aliphatic rings. The third kappa shape index (κ3) is 6.28. The van der Waals surface area contributed by atoms with Crippen LogP contribution in [0.25, 0.3) is 22.7 Å². The fraction of sp³-hybridized carbons (Fsp3) is 0.107. The standard InChI is InChI=1S/C28H23ClN8O4/c1-36-25-5-3-2-4-21(25)22(33-36)15-23(27(39)31-20-10-6-17(7-11-20)28(40)41)32-26(38)13-8-18-14-19(29)9-12-24(18)37-16-30-34-35-37/h2-14,16,23H,15H2,1H3,(H,31,39)(H,32,38)(H,40,41). The molecule has 2 heterocycles. The zero-order valence-corrected chi connectivity index (χ0v) is 22.4. The van der Waals surface area contributed by atoms with Crippen LogP contribution in [0.3, 0.4) is 0 Å². The summed E-state index contributed by atoms with van der Waals surface area (Å²) in [6, 6.07) is 17.4. The van der Waals surface area contributed by atoms with Crippen molar-refractivity contribution in [3.05, 3.63) is 101 Å². The summed E-state index contributed by atoms with van der Waals surface area (Å²) in [5, 5.41) is 31.7. The molecular formula is C28H23ClN8O4. The first-order chi connectivity index (χ1) is 19.8. The van der Waals surface area contributed by atoms with E-state index < -0.39 is 23.8 Å². The third-order valence-electron chi connectivity index (χ3n) is 6.26. The molecule has 0 saturated heterocycles. The van der Waals surface area contributed by atoms with Crippen LogP contribution >= 0.6 is 11.6 Å². The van der Waals surface area contributed by atoms with Gasteiger partial charge in [-0.05, 0) is 65.0 Å². The maximum Gasteiger partial charge on any atom is 0.335 e. The summed E-state index contributed by atoms with van der Waals surface area (Å²) in [7, 11) is 1.81. The van der Waals surface area contributed by atoms with E-state index in [1.54, 1.807) is 36.0 Å². The maximum atomic E-state index is 13.4. The van der Waals surface area contributed by atoms with E-state index in [0.717, 1.165) is 10.9 Å². The lowest BCUT2D eigenvalue weighted by molar-refractivity contribution is -0.123. The molecule has 2 aromatic heterocycles. The number of carbonyl (C=O) groups excluding carboxylic acids is 2. The first-order valence-electron chi connectivity index (χ1n) is 12.3. The second kappa shape index (κ2) is 11.8. The van der Waals surface area contributed by atoms with Crippen LogP contribution in [-0.2, 0) is 23.1 Å². The predicted octanol–water partition coefficient (Wildman–Crippen LogP) is 3.28. The molecule has 3 aromatic carbocycles. The van der Waals surface area contributed by atoms with E-state index in [2.05, 4.69) is 31.3 Å². The van der Waals surface area contributed by atoms with Crippen LogP contribution < -0.4 is 10.6 Å². The molecule has 0 bridgehead atoms. The van der Waals surface area contributed by atoms with Crippen molar-refractivity contribution in [1.82, 2.24) is 35.3 Å². The van der Waals surface area contributed by atoms with E-state index >= 15 is 0 Å². The lowest BCUT2D eigenvalue weighted by Gasteiger charge is -2.17. The molecule has 206 valence electrons. The Morgan fingerprint density at radius 1 is 1.07 bits per heavy atom. The van der Waals surface area contributed by atoms with Crippen molar-refractivity contribution in [3.63, 3.8) is 0 Å². The molecule has 0 saturated carbocycles. The van der Waals surface area contributed by atoms with E-state index in [4.69, 9.17) is 16.7 Å². The van der Waals surface area contributed by atoms with Crippen molar-refractivity contribution in [2.24, 2.45) is 7.05 Å². The van der Waals surface area contributed by atoms with E-state index in [-0.39, 0.29) is 12.0 Å². The molecule has 5 aromatic rings. The number of aromatic carboxylic acids is 1. The molecule has 0 aliphatic heterocycles. The SMILES string of the molecule is Cn1nc(CC(NC(=O)C=Cc2cc(Cl)ccc2-n2cnnn2)C(=O)Nc2ccc(C(=O)O)cc2)c2ccccc21. The Morgan fingerprint density at radius 2 is 1.85 bits per heavy atom. The molecule has 0 radical (unpaired) electrons. The highest BCUT2D eigenvalue weighted by Crippen LogP contribution is 2.21. The van der Waals surface area contributed by atoms with Crippen molar-refractivity contribution in [2.75, 3.05) is 5.32 Å². The Balaban J connectivity index is 1.40. The summed E-state index contributed by atoms with van der Waals surface area (Å²) >= 11 is 6.17. The van der Waals surface area contributed by atoms with Gasteiger partial charge in [-0.1, -0.05) is 29.8 Å². The van der Waals surface area contributed by atoms with Crippen molar-refractivity contribution in [2.45, 2.75) is 12.5 Å². The van der Waals surface area contributed by atoms with Crippen LogP contribution in [-0.4, -0.2) is 58.9 Å². The van der Waals surface area contributed by atoms with E-state index in [9.17, 15) is 14.4 Å². The third-order valence-corrected chi connectivity index (χ3v) is 6.50. The van der Waals surface area contributed by atoms with Crippen molar-refractivity contribution in [3.8, 4) is 5.69 Å². The quantitative estimate of drug-likeness (QED) is 0.228. The minimum absolute atomic E-state index is 0.0833. The van der Waals surface area contributed by atoms with Gasteiger partial charge in [0, 0.05) is 41.2 Å². The Kier molecular flexibility index (Phi) is 7.83. The maximum absolute atomic E-state index is 13.4. The van der Waals surface area contributed by atoms with Crippen LogP contribution in [0.1, 0.15) is 21.6 Å². The highest BCUT2D eigenvalue weighted by Gasteiger charge is 2.24. The Morgan fingerprint density at radius 3 is 2.59 bits per heavy atom. The summed E-state index contributed by atoms with van der Waals surface area (Å²) in [5.74, 6) is -2.11. The number of tetrazole rings is 1. The number of benzene rings is 3. The molecule has 12 nitrogen and oxygen atoms in total. The molecule has 3 N–H and O–H groups in total. The van der Waals surface area contributed by atoms with Gasteiger partial charge in [0.1, 0.15) is 12.4 Å². The summed E-state index contributed by atoms with van der Waals surface area (Å²) in [5.41, 5.74) is 3.15. The number of nitrogens with zero attached hydrogens (tertiary/aromatic N) is 6. The first-order valence-corrected chi connectivity index (χ1v) is 12.7. The lowest BCUT2D eigenvalue weighted by atomic mass is 10.1. The molecule has 1 atom stereocenters. The first kappa shape index (κ1) is 27.2. The Labute approximate surface area is 238 Å². The number of aryl methyl sites for hydroxylation is 1. The number of carboxylic acids is 1. The van der Waals surface area contributed by atoms with E-state index in [1.165, 1.54) is 41.4 Å². The fourth-order valence-corrected chi connectivity index (χ4v) is 4.47. The number of carbonyl (C=O) groups is 3. The number of aromatic nitrogens is 6. The van der Waals surface area contributed by atoms with Gasteiger partial charge < -0.3 is 15.7 Å². The van der Waals surface area contributed by atoms with Gasteiger partial charge in [-0.3, -0.25) is 14.3 Å². The fourth-order valence-electron chi connectivity index (χ4n) is 4.29. The molecule has 0 spiro atoms. The van der Waals surface area contributed by atoms with Crippen LogP contribution in [0.15, 0.2) is 79.1 Å². The molecule has 0 aliphatic carbocycles. The summed E-state index contributed by atoms with van der Waals surface area (Å²) in [6.45, 7) is 0. The molecule has 41 heavy (non-hydrogen) atoms. The normalized spacial score (nSPS) is 12.0. The zero-order valence-electron chi connectivity index (χ0n) is 21.6. The molecular weight excluding hydrogens is 548 g/mol. The van der Waals surface area contributed by atoms with Gasteiger partial charge in [0.15, 0.2) is 0 Å². The molecule has 1 unspecified atom stereocenters. The van der Waals surface area contributed by atoms with Crippen molar-refractivity contribution >= 4 is 52.1 Å². The monoisotopic (exact) mass is 570 g/mol. The number of nitrogens with one attached hydrogen (secondary N) is 2. The zero-order chi connectivity index (χ0) is 28.9. The molecule has 5 rings (SSSR count). The number of para-hydroxylation sites is 1. The van der Waals surface area contributed by atoms with E-state index in [1.807, 2.05) is 24.3 Å². The van der Waals surface area contributed by atoms with Crippen LogP contribution in [0, 0.1) is 0 Å². The second-order valence-corrected chi connectivity index (χ2v) is 9.45.